The number of rotatable bonds is 5. The summed E-state index contributed by atoms with van der Waals surface area (Å²) < 4.78 is 8.31. The van der Waals surface area contributed by atoms with Crippen molar-refractivity contribution in [3.05, 3.63) is 18.2 Å². The van der Waals surface area contributed by atoms with Crippen molar-refractivity contribution in [2.24, 2.45) is 0 Å². The van der Waals surface area contributed by atoms with Gasteiger partial charge in [-0.1, -0.05) is 0 Å². The van der Waals surface area contributed by atoms with Crippen LogP contribution in [0.15, 0.2) is 12.5 Å². The highest BCUT2D eigenvalue weighted by Gasteiger charge is 2.32. The van der Waals surface area contributed by atoms with E-state index in [1.54, 1.807) is 0 Å². The van der Waals surface area contributed by atoms with Crippen LogP contribution >= 0.6 is 0 Å². The maximum atomic E-state index is 6.05. The quantitative estimate of drug-likeness (QED) is 0.871. The van der Waals surface area contributed by atoms with Gasteiger partial charge < -0.3 is 14.6 Å². The second-order valence-electron chi connectivity index (χ2n) is 6.44. The molecule has 3 aliphatic rings. The van der Waals surface area contributed by atoms with Crippen LogP contribution in [0.4, 0.5) is 0 Å². The van der Waals surface area contributed by atoms with Gasteiger partial charge in [-0.15, -0.1) is 0 Å². The third-order valence-electron chi connectivity index (χ3n) is 4.81. The summed E-state index contributed by atoms with van der Waals surface area (Å²) in [5.41, 5.74) is 1.28. The Morgan fingerprint density at radius 3 is 3.20 bits per heavy atom. The third-order valence-corrected chi connectivity index (χ3v) is 4.81. The molecule has 4 rings (SSSR count). The topological polar surface area (TPSA) is 42.3 Å². The highest BCUT2D eigenvalue weighted by Crippen LogP contribution is 2.23. The Morgan fingerprint density at radius 2 is 2.30 bits per heavy atom. The van der Waals surface area contributed by atoms with Gasteiger partial charge in [0.15, 0.2) is 0 Å². The van der Waals surface area contributed by atoms with E-state index in [0.29, 0.717) is 12.1 Å². The van der Waals surface area contributed by atoms with E-state index in [0.717, 1.165) is 32.3 Å². The zero-order chi connectivity index (χ0) is 13.4. The number of hydrogen-bond donors (Lipinski definition) is 1. The number of hydrogen-bond acceptors (Lipinski definition) is 4. The molecule has 2 atom stereocenters. The minimum Gasteiger partial charge on any atom is -0.373 e. The number of ether oxygens (including phenoxy) is 1. The van der Waals surface area contributed by atoms with Crippen molar-refractivity contribution in [1.82, 2.24) is 19.8 Å². The molecule has 1 aromatic heterocycles. The Bertz CT molecular complexity index is 456. The van der Waals surface area contributed by atoms with E-state index in [1.165, 1.54) is 37.9 Å². The summed E-state index contributed by atoms with van der Waals surface area (Å²) >= 11 is 0. The molecule has 0 bridgehead atoms. The lowest BCUT2D eigenvalue weighted by atomic mass is 10.2. The molecule has 2 saturated heterocycles. The van der Waals surface area contributed by atoms with Crippen LogP contribution < -0.4 is 5.32 Å². The monoisotopic (exact) mass is 276 g/mol. The normalized spacial score (nSPS) is 30.6. The second kappa shape index (κ2) is 5.47. The predicted molar refractivity (Wildman–Crippen MR) is 76.4 cm³/mol. The van der Waals surface area contributed by atoms with Gasteiger partial charge in [-0.05, 0) is 32.2 Å². The van der Waals surface area contributed by atoms with Crippen LogP contribution in [0.25, 0.3) is 0 Å². The van der Waals surface area contributed by atoms with Crippen molar-refractivity contribution in [2.45, 2.75) is 57.0 Å². The first-order valence-electron chi connectivity index (χ1n) is 7.96. The molecule has 1 N–H and O–H groups in total. The molecule has 2 unspecified atom stereocenters. The Morgan fingerprint density at radius 1 is 1.35 bits per heavy atom. The third kappa shape index (κ3) is 2.75. The molecule has 0 radical (unpaired) electrons. The van der Waals surface area contributed by atoms with Gasteiger partial charge in [-0.25, -0.2) is 4.98 Å². The summed E-state index contributed by atoms with van der Waals surface area (Å²) in [4.78, 5) is 6.91. The van der Waals surface area contributed by atoms with Gasteiger partial charge >= 0.3 is 0 Å². The largest absolute Gasteiger partial charge is 0.373 e. The van der Waals surface area contributed by atoms with Crippen LogP contribution in [0, 0.1) is 0 Å². The highest BCUT2D eigenvalue weighted by atomic mass is 16.5. The highest BCUT2D eigenvalue weighted by molar-refractivity contribution is 5.00. The second-order valence-corrected chi connectivity index (χ2v) is 6.44. The van der Waals surface area contributed by atoms with Crippen molar-refractivity contribution in [3.8, 4) is 0 Å². The molecule has 20 heavy (non-hydrogen) atoms. The number of nitrogens with zero attached hydrogens (tertiary/aromatic N) is 3. The standard InChI is InChI=1S/C15H24N4O/c1-2-13-10-20-15(8-18(13)5-1)9-19-11-16-6-14(19)7-17-12-3-4-12/h6,11-13,15,17H,1-5,7-10H2. The number of nitrogens with one attached hydrogen (secondary N) is 1. The van der Waals surface area contributed by atoms with Gasteiger partial charge in [0.05, 0.1) is 31.3 Å². The minimum atomic E-state index is 0.318. The van der Waals surface area contributed by atoms with Crippen LogP contribution in [0.5, 0.6) is 0 Å². The summed E-state index contributed by atoms with van der Waals surface area (Å²) in [7, 11) is 0. The van der Waals surface area contributed by atoms with Crippen molar-refractivity contribution in [3.63, 3.8) is 0 Å². The predicted octanol–water partition coefficient (Wildman–Crippen LogP) is 0.998. The van der Waals surface area contributed by atoms with Gasteiger partial charge in [0.25, 0.3) is 0 Å². The Hall–Kier alpha value is -0.910. The molecule has 5 nitrogen and oxygen atoms in total. The van der Waals surface area contributed by atoms with Gasteiger partial charge in [-0.2, -0.15) is 0 Å². The van der Waals surface area contributed by atoms with E-state index < -0.39 is 0 Å². The molecule has 1 aromatic rings. The smallest absolute Gasteiger partial charge is 0.0949 e. The Kier molecular flexibility index (Phi) is 3.50. The van der Waals surface area contributed by atoms with Crippen molar-refractivity contribution < 1.29 is 4.74 Å². The zero-order valence-corrected chi connectivity index (χ0v) is 12.0. The van der Waals surface area contributed by atoms with E-state index in [9.17, 15) is 0 Å². The molecule has 1 saturated carbocycles. The molecule has 110 valence electrons. The zero-order valence-electron chi connectivity index (χ0n) is 12.0. The van der Waals surface area contributed by atoms with E-state index in [4.69, 9.17) is 4.74 Å². The first-order valence-corrected chi connectivity index (χ1v) is 7.96. The van der Waals surface area contributed by atoms with E-state index >= 15 is 0 Å². The summed E-state index contributed by atoms with van der Waals surface area (Å²) in [6, 6.07) is 1.43. The molecular weight excluding hydrogens is 252 g/mol. The lowest BCUT2D eigenvalue weighted by Gasteiger charge is -2.35. The average molecular weight is 276 g/mol. The number of morpholine rings is 1. The maximum Gasteiger partial charge on any atom is 0.0949 e. The van der Waals surface area contributed by atoms with Crippen LogP contribution in [-0.4, -0.2) is 52.3 Å². The molecule has 2 aliphatic heterocycles. The van der Waals surface area contributed by atoms with Crippen LogP contribution in [0.3, 0.4) is 0 Å². The van der Waals surface area contributed by atoms with Crippen LogP contribution in [-0.2, 0) is 17.8 Å². The first kappa shape index (κ1) is 12.8. The molecule has 5 heteroatoms. The van der Waals surface area contributed by atoms with Crippen LogP contribution in [0.2, 0.25) is 0 Å². The fourth-order valence-corrected chi connectivity index (χ4v) is 3.41. The Balaban J connectivity index is 1.35. The summed E-state index contributed by atoms with van der Waals surface area (Å²) in [6.45, 7) is 5.12. The fraction of sp³-hybridized carbons (Fsp3) is 0.800. The summed E-state index contributed by atoms with van der Waals surface area (Å²) in [5, 5.41) is 3.56. The van der Waals surface area contributed by atoms with Crippen molar-refractivity contribution >= 4 is 0 Å². The van der Waals surface area contributed by atoms with Gasteiger partial charge in [0.1, 0.15) is 0 Å². The van der Waals surface area contributed by atoms with Gasteiger partial charge in [-0.3, -0.25) is 4.90 Å². The molecule has 0 spiro atoms. The lowest BCUT2D eigenvalue weighted by molar-refractivity contribution is -0.0554. The molecule has 0 aromatic carbocycles. The van der Waals surface area contributed by atoms with Crippen molar-refractivity contribution in [1.29, 1.82) is 0 Å². The first-order chi connectivity index (χ1) is 9.88. The van der Waals surface area contributed by atoms with E-state index in [-0.39, 0.29) is 0 Å². The number of imidazole rings is 1. The molecule has 3 heterocycles. The van der Waals surface area contributed by atoms with E-state index in [1.807, 2.05) is 12.5 Å². The van der Waals surface area contributed by atoms with E-state index in [2.05, 4.69) is 19.8 Å². The molecule has 1 aliphatic carbocycles. The van der Waals surface area contributed by atoms with Gasteiger partial charge in [0, 0.05) is 31.4 Å². The fourth-order valence-electron chi connectivity index (χ4n) is 3.41. The molecular formula is C15H24N4O. The number of aromatic nitrogens is 2. The van der Waals surface area contributed by atoms with Gasteiger partial charge in [0.2, 0.25) is 0 Å². The summed E-state index contributed by atoms with van der Waals surface area (Å²) in [5.74, 6) is 0. The maximum absolute atomic E-state index is 6.05. The minimum absolute atomic E-state index is 0.318. The lowest BCUT2D eigenvalue weighted by Crippen LogP contribution is -2.47. The number of fused-ring (bicyclic) bond motifs is 1. The van der Waals surface area contributed by atoms with Crippen molar-refractivity contribution in [2.75, 3.05) is 19.7 Å². The molecule has 3 fully saturated rings. The Labute approximate surface area is 120 Å². The SMILES string of the molecule is c1ncn(CC2CN3CCCC3CO2)c1CNC1CC1. The average Bonchev–Trinajstić information content (AvgIpc) is 2.99. The van der Waals surface area contributed by atoms with Crippen LogP contribution in [0.1, 0.15) is 31.4 Å². The summed E-state index contributed by atoms with van der Waals surface area (Å²) in [6.07, 6.45) is 9.56. The molecule has 0 amide bonds.